The molecule has 1 saturated heterocycles. The van der Waals surface area contributed by atoms with Gasteiger partial charge in [-0.2, -0.15) is 0 Å². The van der Waals surface area contributed by atoms with Gasteiger partial charge in [-0.15, -0.1) is 12.4 Å². The molecule has 3 nitrogen and oxygen atoms in total. The second-order valence-corrected chi connectivity index (χ2v) is 6.73. The van der Waals surface area contributed by atoms with E-state index in [1.807, 2.05) is 0 Å². The number of nitrogens with two attached hydrogens (primary N) is 1. The van der Waals surface area contributed by atoms with E-state index in [1.54, 1.807) is 0 Å². The number of hydrogen-bond donors (Lipinski definition) is 2. The normalized spacial score (nSPS) is 19.4. The lowest BCUT2D eigenvalue weighted by Crippen LogP contribution is -2.45. The minimum Gasteiger partial charge on any atom is -0.370 e. The summed E-state index contributed by atoms with van der Waals surface area (Å²) < 4.78 is 0. The number of hydrogen-bond acceptors (Lipinski definition) is 1. The van der Waals surface area contributed by atoms with Crippen LogP contribution in [0.25, 0.3) is 0 Å². The Morgan fingerprint density at radius 1 is 0.840 bits per heavy atom. The van der Waals surface area contributed by atoms with E-state index in [1.165, 1.54) is 11.1 Å². The Bertz CT molecular complexity index is 593. The molecule has 1 heterocycles. The van der Waals surface area contributed by atoms with E-state index in [9.17, 15) is 0 Å². The molecule has 2 aromatic carbocycles. The van der Waals surface area contributed by atoms with Crippen molar-refractivity contribution in [1.82, 2.24) is 4.90 Å². The van der Waals surface area contributed by atoms with Crippen LogP contribution in [0.3, 0.4) is 0 Å². The van der Waals surface area contributed by atoms with E-state index >= 15 is 0 Å². The first-order valence-electron chi connectivity index (χ1n) is 8.94. The standard InChI is InChI=1S/C21H27N3.ClH/c22-21(23)24-19(13-11-17-7-3-1-4-8-17)15-16-20(24)14-12-18-9-5-2-6-10-18;/h1-10,19-20H,11-16H2,(H3,22,23);1H. The molecule has 0 aliphatic carbocycles. The molecule has 0 spiro atoms. The quantitative estimate of drug-likeness (QED) is 0.594. The molecule has 0 aromatic heterocycles. The third-order valence-electron chi connectivity index (χ3n) is 5.12. The van der Waals surface area contributed by atoms with Gasteiger partial charge in [0, 0.05) is 12.1 Å². The van der Waals surface area contributed by atoms with Crippen LogP contribution in [0.5, 0.6) is 0 Å². The molecule has 0 saturated carbocycles. The van der Waals surface area contributed by atoms with Crippen LogP contribution in [0.4, 0.5) is 0 Å². The highest BCUT2D eigenvalue weighted by atomic mass is 35.5. The molecule has 1 aliphatic rings. The third-order valence-corrected chi connectivity index (χ3v) is 5.12. The van der Waals surface area contributed by atoms with Crippen molar-refractivity contribution in [3.05, 3.63) is 71.8 Å². The Labute approximate surface area is 157 Å². The van der Waals surface area contributed by atoms with Crippen molar-refractivity contribution in [2.45, 2.75) is 50.6 Å². The number of guanidine groups is 1. The van der Waals surface area contributed by atoms with E-state index in [-0.39, 0.29) is 18.4 Å². The molecule has 1 aliphatic heterocycles. The molecule has 1 fully saturated rings. The zero-order valence-corrected chi connectivity index (χ0v) is 15.4. The summed E-state index contributed by atoms with van der Waals surface area (Å²) in [6, 6.07) is 22.0. The lowest BCUT2D eigenvalue weighted by molar-refractivity contribution is 0.284. The fraction of sp³-hybridized carbons (Fsp3) is 0.381. The number of rotatable bonds is 6. The van der Waals surface area contributed by atoms with Crippen LogP contribution in [-0.4, -0.2) is 22.9 Å². The van der Waals surface area contributed by atoms with E-state index in [0.717, 1.165) is 38.5 Å². The second-order valence-electron chi connectivity index (χ2n) is 6.73. The predicted molar refractivity (Wildman–Crippen MR) is 107 cm³/mol. The maximum absolute atomic E-state index is 8.02. The van der Waals surface area contributed by atoms with Crippen molar-refractivity contribution in [2.75, 3.05) is 0 Å². The number of halogens is 1. The van der Waals surface area contributed by atoms with Crippen LogP contribution < -0.4 is 5.73 Å². The third kappa shape index (κ3) is 5.23. The first kappa shape index (κ1) is 19.3. The van der Waals surface area contributed by atoms with Gasteiger partial charge in [-0.25, -0.2) is 0 Å². The van der Waals surface area contributed by atoms with Crippen LogP contribution in [0, 0.1) is 5.41 Å². The van der Waals surface area contributed by atoms with Gasteiger partial charge in [0.25, 0.3) is 0 Å². The molecule has 2 unspecified atom stereocenters. The number of nitrogens with one attached hydrogen (secondary N) is 1. The van der Waals surface area contributed by atoms with Crippen molar-refractivity contribution in [2.24, 2.45) is 5.73 Å². The maximum atomic E-state index is 8.02. The minimum atomic E-state index is 0. The van der Waals surface area contributed by atoms with E-state index < -0.39 is 0 Å². The van der Waals surface area contributed by atoms with E-state index in [4.69, 9.17) is 11.1 Å². The Balaban J connectivity index is 0.00000225. The average molecular weight is 358 g/mol. The Morgan fingerprint density at radius 3 is 1.60 bits per heavy atom. The van der Waals surface area contributed by atoms with Gasteiger partial charge in [-0.1, -0.05) is 60.7 Å². The first-order valence-corrected chi connectivity index (χ1v) is 8.94. The highest BCUT2D eigenvalue weighted by Crippen LogP contribution is 2.29. The van der Waals surface area contributed by atoms with Gasteiger partial charge in [0.05, 0.1) is 0 Å². The van der Waals surface area contributed by atoms with E-state index in [0.29, 0.717) is 12.1 Å². The fourth-order valence-electron chi connectivity index (χ4n) is 3.88. The zero-order valence-electron chi connectivity index (χ0n) is 14.6. The highest BCUT2D eigenvalue weighted by molar-refractivity contribution is 5.85. The van der Waals surface area contributed by atoms with Crippen molar-refractivity contribution in [3.8, 4) is 0 Å². The number of aryl methyl sites for hydroxylation is 2. The van der Waals surface area contributed by atoms with E-state index in [2.05, 4.69) is 65.6 Å². The number of benzene rings is 2. The summed E-state index contributed by atoms with van der Waals surface area (Å²) in [4.78, 5) is 2.17. The van der Waals surface area contributed by atoms with Gasteiger partial charge in [0.1, 0.15) is 0 Å². The molecule has 4 heteroatoms. The fourth-order valence-corrected chi connectivity index (χ4v) is 3.88. The van der Waals surface area contributed by atoms with Crippen LogP contribution >= 0.6 is 12.4 Å². The summed E-state index contributed by atoms with van der Waals surface area (Å²) in [5, 5.41) is 8.02. The largest absolute Gasteiger partial charge is 0.370 e. The van der Waals surface area contributed by atoms with Gasteiger partial charge < -0.3 is 10.6 Å². The van der Waals surface area contributed by atoms with Crippen LogP contribution in [0.1, 0.15) is 36.8 Å². The molecular formula is C21H28ClN3. The van der Waals surface area contributed by atoms with Crippen molar-refractivity contribution in [1.29, 1.82) is 5.41 Å². The highest BCUT2D eigenvalue weighted by Gasteiger charge is 2.33. The maximum Gasteiger partial charge on any atom is 0.188 e. The second kappa shape index (κ2) is 9.47. The topological polar surface area (TPSA) is 53.1 Å². The van der Waals surface area contributed by atoms with Crippen molar-refractivity contribution < 1.29 is 0 Å². The smallest absolute Gasteiger partial charge is 0.188 e. The van der Waals surface area contributed by atoms with Crippen molar-refractivity contribution in [3.63, 3.8) is 0 Å². The number of nitrogens with zero attached hydrogens (tertiary/aromatic N) is 1. The van der Waals surface area contributed by atoms with Crippen LogP contribution in [0.2, 0.25) is 0 Å². The molecule has 134 valence electrons. The molecule has 25 heavy (non-hydrogen) atoms. The zero-order chi connectivity index (χ0) is 16.8. The average Bonchev–Trinajstić information content (AvgIpc) is 3.03. The lowest BCUT2D eigenvalue weighted by atomic mass is 10.0. The van der Waals surface area contributed by atoms with Gasteiger partial charge in [0.2, 0.25) is 0 Å². The van der Waals surface area contributed by atoms with Crippen molar-refractivity contribution >= 4 is 18.4 Å². The van der Waals surface area contributed by atoms with Gasteiger partial charge in [0.15, 0.2) is 5.96 Å². The summed E-state index contributed by atoms with van der Waals surface area (Å²) in [7, 11) is 0. The lowest BCUT2D eigenvalue weighted by Gasteiger charge is -2.31. The SMILES string of the molecule is Cl.N=C(N)N1C(CCc2ccccc2)CCC1CCc1ccccc1. The van der Waals surface area contributed by atoms with Gasteiger partial charge in [-0.3, -0.25) is 5.41 Å². The monoisotopic (exact) mass is 357 g/mol. The van der Waals surface area contributed by atoms with Gasteiger partial charge >= 0.3 is 0 Å². The molecule has 2 aromatic rings. The van der Waals surface area contributed by atoms with Crippen LogP contribution in [-0.2, 0) is 12.8 Å². The van der Waals surface area contributed by atoms with Crippen LogP contribution in [0.15, 0.2) is 60.7 Å². The molecule has 0 amide bonds. The predicted octanol–water partition coefficient (Wildman–Crippen LogP) is 4.40. The summed E-state index contributed by atoms with van der Waals surface area (Å²) in [5.41, 5.74) is 8.66. The Hall–Kier alpha value is -2.00. The molecular weight excluding hydrogens is 330 g/mol. The molecule has 0 bridgehead atoms. The molecule has 0 radical (unpaired) electrons. The summed E-state index contributed by atoms with van der Waals surface area (Å²) in [5.74, 6) is 0.239. The summed E-state index contributed by atoms with van der Waals surface area (Å²) in [6.45, 7) is 0. The Morgan fingerprint density at radius 2 is 1.24 bits per heavy atom. The summed E-state index contributed by atoms with van der Waals surface area (Å²) >= 11 is 0. The molecule has 3 rings (SSSR count). The van der Waals surface area contributed by atoms with Gasteiger partial charge in [-0.05, 0) is 49.7 Å². The number of likely N-dealkylation sites (tertiary alicyclic amines) is 1. The molecule has 3 N–H and O–H groups in total. The Kier molecular flexibility index (Phi) is 7.32. The first-order chi connectivity index (χ1) is 11.7. The minimum absolute atomic E-state index is 0. The summed E-state index contributed by atoms with van der Waals surface area (Å²) in [6.07, 6.45) is 6.55. The molecule has 2 atom stereocenters.